The molecule has 0 rings (SSSR count). The van der Waals surface area contributed by atoms with Crippen LogP contribution in [0.15, 0.2) is 0 Å². The molecule has 0 aromatic carbocycles. The number of rotatable bonds is 8. The molecule has 0 radical (unpaired) electrons. The van der Waals surface area contributed by atoms with Crippen LogP contribution in [0.1, 0.15) is 25.7 Å². The number of thiol groups is 4. The van der Waals surface area contributed by atoms with Gasteiger partial charge in [-0.3, -0.25) is 0 Å². The summed E-state index contributed by atoms with van der Waals surface area (Å²) in [5, 5.41) is 2.43. The molecule has 0 aliphatic heterocycles. The zero-order chi connectivity index (χ0) is 12.4. The molecule has 0 saturated heterocycles. The van der Waals surface area contributed by atoms with Crippen molar-refractivity contribution in [3.63, 3.8) is 0 Å². The first kappa shape index (κ1) is 20.6. The molecule has 0 aromatic heterocycles. The van der Waals surface area contributed by atoms with E-state index in [9.17, 15) is 4.79 Å². The first-order valence-electron chi connectivity index (χ1n) is 5.15. The van der Waals surface area contributed by atoms with Crippen molar-refractivity contribution >= 4 is 56.6 Å². The predicted octanol–water partition coefficient (Wildman–Crippen LogP) is 2.64. The molecule has 1 amide bonds. The van der Waals surface area contributed by atoms with Crippen LogP contribution in [0.5, 0.6) is 0 Å². The summed E-state index contributed by atoms with van der Waals surface area (Å²) in [7, 11) is 0. The van der Waals surface area contributed by atoms with Crippen molar-refractivity contribution in [2.75, 3.05) is 11.5 Å². The molecule has 3 nitrogen and oxygen atoms in total. The van der Waals surface area contributed by atoms with E-state index in [0.717, 1.165) is 30.8 Å². The van der Waals surface area contributed by atoms with Crippen LogP contribution >= 0.6 is 50.5 Å². The van der Waals surface area contributed by atoms with Crippen molar-refractivity contribution in [2.45, 2.75) is 36.5 Å². The molecule has 0 heterocycles. The zero-order valence-electron chi connectivity index (χ0n) is 9.71. The third-order valence-corrected chi connectivity index (χ3v) is 3.16. The van der Waals surface area contributed by atoms with E-state index < -0.39 is 6.09 Å². The SMILES string of the molecule is O=C(NC(S)CCCS)OC(S)CCCS.[Zn]. The summed E-state index contributed by atoms with van der Waals surface area (Å²) in [6.45, 7) is 0. The summed E-state index contributed by atoms with van der Waals surface area (Å²) in [4.78, 5) is 11.3. The van der Waals surface area contributed by atoms with E-state index in [2.05, 4.69) is 55.8 Å². The monoisotopic (exact) mass is 365 g/mol. The Morgan fingerprint density at radius 2 is 1.65 bits per heavy atom. The first-order chi connectivity index (χ1) is 7.60. The number of ether oxygens (including phenoxy) is 1. The predicted molar refractivity (Wildman–Crippen MR) is 81.3 cm³/mol. The molecule has 98 valence electrons. The second-order valence-corrected chi connectivity index (χ2v) is 5.35. The van der Waals surface area contributed by atoms with E-state index in [1.165, 1.54) is 0 Å². The quantitative estimate of drug-likeness (QED) is 0.260. The topological polar surface area (TPSA) is 38.3 Å². The standard InChI is InChI=1S/C9H19NO2S4.Zn/c11-9(10-7(15)3-1-5-13)12-8(16)4-2-6-14;/h7-8,13-16H,1-6H2,(H,10,11);. The van der Waals surface area contributed by atoms with Crippen LogP contribution in [0.4, 0.5) is 4.79 Å². The van der Waals surface area contributed by atoms with Gasteiger partial charge in [-0.05, 0) is 37.2 Å². The largest absolute Gasteiger partial charge is 0.435 e. The number of hydrogen-bond donors (Lipinski definition) is 5. The van der Waals surface area contributed by atoms with Crippen molar-refractivity contribution in [3.8, 4) is 0 Å². The van der Waals surface area contributed by atoms with Gasteiger partial charge in [0.1, 0.15) is 5.44 Å². The molecule has 1 N–H and O–H groups in total. The molecule has 0 aliphatic rings. The van der Waals surface area contributed by atoms with Crippen LogP contribution in [-0.4, -0.2) is 28.4 Å². The fourth-order valence-electron chi connectivity index (χ4n) is 0.975. The second kappa shape index (κ2) is 13.7. The molecule has 0 spiro atoms. The van der Waals surface area contributed by atoms with Crippen molar-refractivity contribution in [2.24, 2.45) is 0 Å². The van der Waals surface area contributed by atoms with Crippen molar-refractivity contribution < 1.29 is 29.0 Å². The van der Waals surface area contributed by atoms with E-state index in [-0.39, 0.29) is 30.3 Å². The van der Waals surface area contributed by atoms with E-state index in [4.69, 9.17) is 4.74 Å². The Hall–Kier alpha value is 1.29. The van der Waals surface area contributed by atoms with Gasteiger partial charge in [-0.1, -0.05) is 0 Å². The Morgan fingerprint density at radius 3 is 2.18 bits per heavy atom. The number of carbonyl (C=O) groups excluding carboxylic acids is 1. The van der Waals surface area contributed by atoms with E-state index in [1.54, 1.807) is 0 Å². The number of hydrogen-bond acceptors (Lipinski definition) is 6. The van der Waals surface area contributed by atoms with Crippen LogP contribution in [0.25, 0.3) is 0 Å². The summed E-state index contributed by atoms with van der Waals surface area (Å²) in [5.41, 5.74) is -0.377. The first-order valence-corrected chi connectivity index (χ1v) is 7.45. The Bertz CT molecular complexity index is 182. The van der Waals surface area contributed by atoms with E-state index in [0.29, 0.717) is 6.42 Å². The summed E-state index contributed by atoms with van der Waals surface area (Å²) in [6, 6.07) is 0. The molecule has 0 bridgehead atoms. The number of nitrogens with one attached hydrogen (secondary N) is 1. The fraction of sp³-hybridized carbons (Fsp3) is 0.889. The number of amides is 1. The normalized spacial score (nSPS) is 13.4. The molecule has 17 heavy (non-hydrogen) atoms. The Kier molecular flexibility index (Phi) is 16.6. The van der Waals surface area contributed by atoms with Gasteiger partial charge in [0, 0.05) is 19.5 Å². The van der Waals surface area contributed by atoms with Gasteiger partial charge in [-0.15, -0.1) is 12.6 Å². The summed E-state index contributed by atoms with van der Waals surface area (Å²) < 4.78 is 5.02. The van der Waals surface area contributed by atoms with Crippen LogP contribution < -0.4 is 5.32 Å². The average Bonchev–Trinajstić information content (AvgIpc) is 2.23. The molecule has 2 unspecified atom stereocenters. The van der Waals surface area contributed by atoms with E-state index >= 15 is 0 Å². The molecule has 0 saturated carbocycles. The van der Waals surface area contributed by atoms with Gasteiger partial charge in [0.05, 0.1) is 5.37 Å². The maximum absolute atomic E-state index is 11.3. The molecule has 0 aliphatic carbocycles. The molecule has 8 heteroatoms. The minimum absolute atomic E-state index is 0. The Balaban J connectivity index is 0. The van der Waals surface area contributed by atoms with Gasteiger partial charge in [-0.25, -0.2) is 4.79 Å². The van der Waals surface area contributed by atoms with Gasteiger partial charge >= 0.3 is 6.09 Å². The minimum atomic E-state index is -0.474. The van der Waals surface area contributed by atoms with Crippen LogP contribution in [0.2, 0.25) is 0 Å². The van der Waals surface area contributed by atoms with Crippen molar-refractivity contribution in [1.82, 2.24) is 5.32 Å². The van der Waals surface area contributed by atoms with E-state index in [1.807, 2.05) is 0 Å². The second-order valence-electron chi connectivity index (χ2n) is 3.25. The summed E-state index contributed by atoms with van der Waals surface area (Å²) in [5.74, 6) is 1.55. The summed E-state index contributed by atoms with van der Waals surface area (Å²) in [6.07, 6.45) is 2.78. The van der Waals surface area contributed by atoms with Gasteiger partial charge in [0.2, 0.25) is 0 Å². The minimum Gasteiger partial charge on any atom is -0.435 e. The molecule has 2 atom stereocenters. The number of alkyl carbamates (subject to hydrolysis) is 1. The maximum atomic E-state index is 11.3. The van der Waals surface area contributed by atoms with Crippen molar-refractivity contribution in [1.29, 1.82) is 0 Å². The van der Waals surface area contributed by atoms with Gasteiger partial charge in [-0.2, -0.15) is 37.9 Å². The van der Waals surface area contributed by atoms with Crippen LogP contribution in [0, 0.1) is 0 Å². The molecule has 0 aromatic rings. The molecular weight excluding hydrogens is 348 g/mol. The average molecular weight is 367 g/mol. The molecular formula is C9H19NO2S4Zn. The summed E-state index contributed by atoms with van der Waals surface area (Å²) >= 11 is 16.5. The molecule has 0 fully saturated rings. The Labute approximate surface area is 138 Å². The maximum Gasteiger partial charge on any atom is 0.409 e. The Morgan fingerprint density at radius 1 is 1.12 bits per heavy atom. The van der Waals surface area contributed by atoms with Crippen molar-refractivity contribution in [3.05, 3.63) is 0 Å². The van der Waals surface area contributed by atoms with Crippen LogP contribution in [-0.2, 0) is 24.2 Å². The zero-order valence-corrected chi connectivity index (χ0v) is 16.3. The van der Waals surface area contributed by atoms with Crippen LogP contribution in [0.3, 0.4) is 0 Å². The van der Waals surface area contributed by atoms with Gasteiger partial charge < -0.3 is 10.1 Å². The third-order valence-electron chi connectivity index (χ3n) is 1.77. The number of carbonyl (C=O) groups is 1. The van der Waals surface area contributed by atoms with Gasteiger partial charge in [0.15, 0.2) is 0 Å². The third kappa shape index (κ3) is 13.5. The smallest absolute Gasteiger partial charge is 0.409 e. The van der Waals surface area contributed by atoms with Gasteiger partial charge in [0.25, 0.3) is 0 Å². The fourth-order valence-corrected chi connectivity index (χ4v) is 1.91.